The summed E-state index contributed by atoms with van der Waals surface area (Å²) >= 11 is 0. The summed E-state index contributed by atoms with van der Waals surface area (Å²) in [6, 6.07) is 24.6. The Balaban J connectivity index is 0.000000948. The van der Waals surface area contributed by atoms with Crippen molar-refractivity contribution in [3.63, 3.8) is 0 Å². The lowest BCUT2D eigenvalue weighted by atomic mass is 10.0. The van der Waals surface area contributed by atoms with Crippen molar-refractivity contribution in [2.45, 2.75) is 13.8 Å². The summed E-state index contributed by atoms with van der Waals surface area (Å²) in [5, 5.41) is 17.1. The van der Waals surface area contributed by atoms with Gasteiger partial charge >= 0.3 is 0 Å². The molecule has 0 aromatic heterocycles. The van der Waals surface area contributed by atoms with Crippen LogP contribution in [0, 0.1) is 0 Å². The molecule has 0 fully saturated rings. The fourth-order valence-corrected chi connectivity index (χ4v) is 2.88. The van der Waals surface area contributed by atoms with Gasteiger partial charge in [0, 0.05) is 5.69 Å². The maximum absolute atomic E-state index is 12.5. The molecule has 0 saturated carbocycles. The highest BCUT2D eigenvalue weighted by Crippen LogP contribution is 2.29. The number of phenols is 1. The third kappa shape index (κ3) is 3.52. The van der Waals surface area contributed by atoms with E-state index in [0.29, 0.717) is 5.69 Å². The lowest BCUT2D eigenvalue weighted by Crippen LogP contribution is -2.12. The first-order chi connectivity index (χ1) is 12.7. The van der Waals surface area contributed by atoms with Crippen LogP contribution in [0.4, 0.5) is 5.69 Å². The van der Waals surface area contributed by atoms with Gasteiger partial charge < -0.3 is 10.4 Å². The minimum atomic E-state index is -0.325. The number of anilines is 1. The number of phenolic OH excluding ortho intramolecular Hbond substituents is 1. The molecule has 0 aliphatic carbocycles. The monoisotopic (exact) mass is 343 g/mol. The summed E-state index contributed by atoms with van der Waals surface area (Å²) < 4.78 is 0. The molecule has 0 aliphatic heterocycles. The molecular formula is C23H21NO2. The third-order valence-corrected chi connectivity index (χ3v) is 4.10. The van der Waals surface area contributed by atoms with Crippen molar-refractivity contribution in [3.05, 3.63) is 84.4 Å². The van der Waals surface area contributed by atoms with Crippen LogP contribution in [0.25, 0.3) is 21.5 Å². The van der Waals surface area contributed by atoms with Gasteiger partial charge in [-0.05, 0) is 57.9 Å². The summed E-state index contributed by atoms with van der Waals surface area (Å²) in [7, 11) is 0. The molecule has 0 heterocycles. The molecule has 0 unspecified atom stereocenters. The Morgan fingerprint density at radius 2 is 1.27 bits per heavy atom. The lowest BCUT2D eigenvalue weighted by molar-refractivity contribution is 0.102. The number of hydrogen-bond donors (Lipinski definition) is 2. The summed E-state index contributed by atoms with van der Waals surface area (Å²) in [5.74, 6) is -0.347. The second-order valence-electron chi connectivity index (χ2n) is 5.74. The van der Waals surface area contributed by atoms with E-state index >= 15 is 0 Å². The Kier molecular flexibility index (Phi) is 5.18. The molecule has 2 N–H and O–H groups in total. The summed E-state index contributed by atoms with van der Waals surface area (Å²) in [4.78, 5) is 12.5. The zero-order chi connectivity index (χ0) is 18.5. The largest absolute Gasteiger partial charge is 0.507 e. The van der Waals surface area contributed by atoms with Crippen LogP contribution in [0.1, 0.15) is 24.2 Å². The van der Waals surface area contributed by atoms with Crippen molar-refractivity contribution >= 4 is 33.1 Å². The van der Waals surface area contributed by atoms with Gasteiger partial charge in [-0.15, -0.1) is 0 Å². The number of carbonyl (C=O) groups is 1. The molecule has 0 spiro atoms. The zero-order valence-corrected chi connectivity index (χ0v) is 14.9. The molecule has 1 amide bonds. The van der Waals surface area contributed by atoms with Gasteiger partial charge in [-0.2, -0.15) is 0 Å². The van der Waals surface area contributed by atoms with Gasteiger partial charge in [-0.1, -0.05) is 56.3 Å². The summed E-state index contributed by atoms with van der Waals surface area (Å²) in [6.45, 7) is 4.00. The van der Waals surface area contributed by atoms with Crippen LogP contribution in [0.15, 0.2) is 78.9 Å². The second kappa shape index (κ2) is 7.70. The van der Waals surface area contributed by atoms with Crippen LogP contribution in [0.5, 0.6) is 5.75 Å². The number of amides is 1. The minimum Gasteiger partial charge on any atom is -0.507 e. The van der Waals surface area contributed by atoms with Crippen molar-refractivity contribution in [3.8, 4) is 5.75 Å². The molecule has 3 heteroatoms. The Hall–Kier alpha value is -3.33. The molecule has 3 nitrogen and oxygen atoms in total. The van der Waals surface area contributed by atoms with E-state index in [0.717, 1.165) is 21.5 Å². The van der Waals surface area contributed by atoms with Gasteiger partial charge in [0.1, 0.15) is 5.75 Å². The highest BCUT2D eigenvalue weighted by atomic mass is 16.3. The predicted octanol–water partition coefficient (Wildman–Crippen LogP) is 5.98. The van der Waals surface area contributed by atoms with E-state index in [1.165, 1.54) is 0 Å². The topological polar surface area (TPSA) is 49.3 Å². The van der Waals surface area contributed by atoms with E-state index in [4.69, 9.17) is 0 Å². The molecule has 4 aromatic rings. The normalized spacial score (nSPS) is 10.2. The molecule has 0 aliphatic rings. The van der Waals surface area contributed by atoms with Gasteiger partial charge in [-0.3, -0.25) is 4.79 Å². The summed E-state index contributed by atoms with van der Waals surface area (Å²) in [6.07, 6.45) is 0. The van der Waals surface area contributed by atoms with Crippen molar-refractivity contribution in [2.75, 3.05) is 5.32 Å². The quantitative estimate of drug-likeness (QED) is 0.440. The molecule has 0 bridgehead atoms. The average molecular weight is 343 g/mol. The van der Waals surface area contributed by atoms with E-state index < -0.39 is 0 Å². The fourth-order valence-electron chi connectivity index (χ4n) is 2.88. The maximum Gasteiger partial charge on any atom is 0.259 e. The Bertz CT molecular complexity index is 1060. The van der Waals surface area contributed by atoms with Crippen LogP contribution in [0.3, 0.4) is 0 Å². The number of hydrogen-bond acceptors (Lipinski definition) is 2. The van der Waals surface area contributed by atoms with E-state index in [-0.39, 0.29) is 17.2 Å². The van der Waals surface area contributed by atoms with Crippen molar-refractivity contribution < 1.29 is 9.90 Å². The van der Waals surface area contributed by atoms with Gasteiger partial charge in [0.05, 0.1) is 5.56 Å². The van der Waals surface area contributed by atoms with Crippen molar-refractivity contribution in [2.24, 2.45) is 0 Å². The molecule has 130 valence electrons. The average Bonchev–Trinajstić information content (AvgIpc) is 2.68. The standard InChI is InChI=1S/C21H15NO2.C2H6/c23-20-13-17-11-15-7-5-4-6-14(15)10-16(17)12-19(20)21(24)22-18-8-2-1-3-9-18;1-2/h1-13,23H,(H,22,24);1-2H3. The Morgan fingerprint density at radius 1 is 0.731 bits per heavy atom. The minimum absolute atomic E-state index is 0.0220. The van der Waals surface area contributed by atoms with E-state index in [1.54, 1.807) is 12.1 Å². The molecule has 0 saturated heterocycles. The van der Waals surface area contributed by atoms with Crippen molar-refractivity contribution in [1.82, 2.24) is 0 Å². The molecular weight excluding hydrogens is 322 g/mol. The zero-order valence-electron chi connectivity index (χ0n) is 14.9. The highest BCUT2D eigenvalue weighted by molar-refractivity contribution is 6.10. The van der Waals surface area contributed by atoms with Gasteiger partial charge in [-0.25, -0.2) is 0 Å². The van der Waals surface area contributed by atoms with Gasteiger partial charge in [0.15, 0.2) is 0 Å². The molecule has 0 atom stereocenters. The van der Waals surface area contributed by atoms with Crippen LogP contribution in [-0.2, 0) is 0 Å². The van der Waals surface area contributed by atoms with E-state index in [2.05, 4.69) is 5.32 Å². The number of fused-ring (bicyclic) bond motifs is 2. The summed E-state index contributed by atoms with van der Waals surface area (Å²) in [5.41, 5.74) is 0.960. The molecule has 4 aromatic carbocycles. The van der Waals surface area contributed by atoms with Crippen LogP contribution < -0.4 is 5.32 Å². The first kappa shape index (κ1) is 17.5. The number of benzene rings is 4. The Morgan fingerprint density at radius 3 is 1.88 bits per heavy atom. The number of aromatic hydroxyl groups is 1. The highest BCUT2D eigenvalue weighted by Gasteiger charge is 2.13. The maximum atomic E-state index is 12.5. The number of para-hydroxylation sites is 1. The lowest BCUT2D eigenvalue weighted by Gasteiger charge is -2.09. The fraction of sp³-hybridized carbons (Fsp3) is 0.0870. The molecule has 0 radical (unpaired) electrons. The molecule has 4 rings (SSSR count). The van der Waals surface area contributed by atoms with Crippen LogP contribution in [-0.4, -0.2) is 11.0 Å². The van der Waals surface area contributed by atoms with Gasteiger partial charge in [0.25, 0.3) is 5.91 Å². The Labute approximate surface area is 152 Å². The van der Waals surface area contributed by atoms with Crippen LogP contribution >= 0.6 is 0 Å². The van der Waals surface area contributed by atoms with Crippen molar-refractivity contribution in [1.29, 1.82) is 0 Å². The van der Waals surface area contributed by atoms with Crippen LogP contribution in [0.2, 0.25) is 0 Å². The third-order valence-electron chi connectivity index (χ3n) is 4.10. The second-order valence-corrected chi connectivity index (χ2v) is 5.74. The van der Waals surface area contributed by atoms with Gasteiger partial charge in [0.2, 0.25) is 0 Å². The molecule has 26 heavy (non-hydrogen) atoms. The first-order valence-electron chi connectivity index (χ1n) is 8.73. The van der Waals surface area contributed by atoms with E-state index in [9.17, 15) is 9.90 Å². The van der Waals surface area contributed by atoms with E-state index in [1.807, 2.05) is 80.6 Å². The smallest absolute Gasteiger partial charge is 0.259 e. The predicted molar refractivity (Wildman–Crippen MR) is 109 cm³/mol. The SMILES string of the molecule is CC.O=C(Nc1ccccc1)c1cc2cc3ccccc3cc2cc1O. The first-order valence-corrected chi connectivity index (χ1v) is 8.73. The number of carbonyl (C=O) groups excluding carboxylic acids is 1. The number of rotatable bonds is 2. The number of nitrogens with one attached hydrogen (secondary N) is 1.